The Morgan fingerprint density at radius 3 is 1.98 bits per heavy atom. The summed E-state index contributed by atoms with van der Waals surface area (Å²) in [4.78, 5) is 72.3. The van der Waals surface area contributed by atoms with E-state index in [1.807, 2.05) is 58.0 Å². The zero-order valence-electron chi connectivity index (χ0n) is 37.8. The lowest BCUT2D eigenvalue weighted by molar-refractivity contribution is -0.136. The van der Waals surface area contributed by atoms with E-state index in [2.05, 4.69) is 27.5 Å². The average Bonchev–Trinajstić information content (AvgIpc) is 3.81. The average molecular weight is 891 g/mol. The van der Waals surface area contributed by atoms with E-state index in [0.29, 0.717) is 63.7 Å². The molecule has 2 saturated heterocycles. The standard InChI is InChI=1S/C49H56F2N8O6/c1-8-27-15-18-58(44(60)39(25(2)3)56-46(62)64-6)41(27)43-53-35-14-11-29(21-36(35)54-43)28-9-12-31-32-13-10-30(20-34(32)49(50,51)33(31)19-28)37-23-52-42(55-37)38-22-48(16-17-48)24-59(38)45(61)40(26(4)5)57-47(63)65-7/h9-14,19-21,23,25-27,38-41H,8,15-18,22,24H2,1-7H3,(H,52,55)(H,53,54)(H,56,62)(H,57,63)/t27?,38-,39-,40?,41?/m0/s1. The molecule has 4 heterocycles. The number of halogens is 2. The maximum absolute atomic E-state index is 16.7. The van der Waals surface area contributed by atoms with Gasteiger partial charge in [0.25, 0.3) is 5.92 Å². The first-order valence-corrected chi connectivity index (χ1v) is 22.6. The molecule has 5 aromatic rings. The third-order valence-corrected chi connectivity index (χ3v) is 14.2. The Bertz CT molecular complexity index is 2690. The molecule has 3 aromatic carbocycles. The lowest BCUT2D eigenvalue weighted by atomic mass is 9.96. The topological polar surface area (TPSA) is 175 Å². The van der Waals surface area contributed by atoms with Gasteiger partial charge < -0.3 is 39.9 Å². The summed E-state index contributed by atoms with van der Waals surface area (Å²) in [5, 5.41) is 5.41. The first kappa shape index (κ1) is 43.9. The van der Waals surface area contributed by atoms with Crippen LogP contribution in [0.3, 0.4) is 0 Å². The molecule has 16 heteroatoms. The zero-order chi connectivity index (χ0) is 46.1. The van der Waals surface area contributed by atoms with Crippen molar-refractivity contribution in [2.24, 2.45) is 23.2 Å². The molecule has 0 bridgehead atoms. The van der Waals surface area contributed by atoms with Crippen molar-refractivity contribution in [3.63, 3.8) is 0 Å². The predicted octanol–water partition coefficient (Wildman–Crippen LogP) is 8.85. The van der Waals surface area contributed by atoms with Crippen molar-refractivity contribution in [1.82, 2.24) is 40.4 Å². The van der Waals surface area contributed by atoms with Crippen LogP contribution in [0.4, 0.5) is 18.4 Å². The fourth-order valence-corrected chi connectivity index (χ4v) is 10.3. The van der Waals surface area contributed by atoms with Gasteiger partial charge in [-0.2, -0.15) is 8.78 Å². The van der Waals surface area contributed by atoms with Gasteiger partial charge in [-0.15, -0.1) is 0 Å². The number of hydrogen-bond acceptors (Lipinski definition) is 8. The quantitative estimate of drug-likeness (QED) is 0.102. The van der Waals surface area contributed by atoms with Gasteiger partial charge in [0.15, 0.2) is 0 Å². The fourth-order valence-electron chi connectivity index (χ4n) is 10.3. The van der Waals surface area contributed by atoms with Crippen LogP contribution < -0.4 is 10.6 Å². The molecule has 1 saturated carbocycles. The van der Waals surface area contributed by atoms with Crippen molar-refractivity contribution >= 4 is 35.0 Å². The van der Waals surface area contributed by atoms with E-state index in [-0.39, 0.29) is 58.2 Å². The van der Waals surface area contributed by atoms with Gasteiger partial charge in [0, 0.05) is 29.8 Å². The highest BCUT2D eigenvalue weighted by molar-refractivity contribution is 5.89. The van der Waals surface area contributed by atoms with Crippen molar-refractivity contribution in [3.05, 3.63) is 83.6 Å². The van der Waals surface area contributed by atoms with Gasteiger partial charge in [0.1, 0.15) is 23.7 Å². The molecule has 3 unspecified atom stereocenters. The molecule has 4 N–H and O–H groups in total. The van der Waals surface area contributed by atoms with Gasteiger partial charge in [0.2, 0.25) is 11.8 Å². The van der Waals surface area contributed by atoms with Crippen LogP contribution in [-0.4, -0.2) is 93.1 Å². The number of ether oxygens (including phenoxy) is 2. The minimum atomic E-state index is -3.29. The number of imidazole rings is 2. The smallest absolute Gasteiger partial charge is 0.407 e. The van der Waals surface area contributed by atoms with Gasteiger partial charge in [-0.05, 0) is 95.4 Å². The van der Waals surface area contributed by atoms with Crippen LogP contribution >= 0.6 is 0 Å². The third kappa shape index (κ3) is 7.77. The van der Waals surface area contributed by atoms with Crippen molar-refractivity contribution in [2.75, 3.05) is 27.3 Å². The summed E-state index contributed by atoms with van der Waals surface area (Å²) < 4.78 is 42.9. The second-order valence-electron chi connectivity index (χ2n) is 19.0. The van der Waals surface area contributed by atoms with Crippen LogP contribution in [0.15, 0.2) is 60.8 Å². The minimum absolute atomic E-state index is 0.00876. The highest BCUT2D eigenvalue weighted by Gasteiger charge is 2.55. The number of alkyl carbamates (subject to hydrolysis) is 2. The summed E-state index contributed by atoms with van der Waals surface area (Å²) in [6.07, 6.45) is 4.62. The van der Waals surface area contributed by atoms with Crippen LogP contribution in [0.5, 0.6) is 0 Å². The molecule has 1 spiro atoms. The van der Waals surface area contributed by atoms with Crippen molar-refractivity contribution in [1.29, 1.82) is 0 Å². The van der Waals surface area contributed by atoms with E-state index in [1.165, 1.54) is 20.3 Å². The first-order valence-electron chi connectivity index (χ1n) is 22.6. The van der Waals surface area contributed by atoms with Crippen LogP contribution in [0.1, 0.15) is 102 Å². The Morgan fingerprint density at radius 1 is 0.800 bits per heavy atom. The number of methoxy groups -OCH3 is 2. The van der Waals surface area contributed by atoms with Gasteiger partial charge >= 0.3 is 12.2 Å². The number of rotatable bonds is 11. The Hall–Kier alpha value is -6.32. The van der Waals surface area contributed by atoms with Crippen LogP contribution in [0.25, 0.3) is 44.5 Å². The molecular formula is C49H56F2N8O6. The Balaban J connectivity index is 0.960. The Labute approximate surface area is 376 Å². The summed E-state index contributed by atoms with van der Waals surface area (Å²) in [5.74, 6) is -2.69. The minimum Gasteiger partial charge on any atom is -0.453 e. The number of benzene rings is 3. The summed E-state index contributed by atoms with van der Waals surface area (Å²) in [6.45, 7) is 10.7. The van der Waals surface area contributed by atoms with Crippen LogP contribution in [0.2, 0.25) is 0 Å². The molecule has 342 valence electrons. The monoisotopic (exact) mass is 890 g/mol. The third-order valence-electron chi connectivity index (χ3n) is 14.2. The number of nitrogens with one attached hydrogen (secondary N) is 4. The van der Waals surface area contributed by atoms with Crippen LogP contribution in [0, 0.1) is 23.2 Å². The number of carbonyl (C=O) groups excluding carboxylic acids is 4. The number of amides is 4. The van der Waals surface area contributed by atoms with E-state index in [9.17, 15) is 19.2 Å². The Kier molecular flexibility index (Phi) is 11.2. The molecule has 4 aliphatic rings. The van der Waals surface area contributed by atoms with E-state index in [1.54, 1.807) is 34.2 Å². The zero-order valence-corrected chi connectivity index (χ0v) is 37.8. The number of alkyl halides is 2. The van der Waals surface area contributed by atoms with Crippen molar-refractivity contribution in [3.8, 4) is 33.5 Å². The normalized spacial score (nSPS) is 21.1. The molecule has 2 aromatic heterocycles. The summed E-state index contributed by atoms with van der Waals surface area (Å²) in [6, 6.07) is 13.6. The number of carbonyl (C=O) groups is 4. The maximum atomic E-state index is 16.7. The van der Waals surface area contributed by atoms with Gasteiger partial charge in [-0.3, -0.25) is 9.59 Å². The molecule has 2 aliphatic heterocycles. The first-order chi connectivity index (χ1) is 31.1. The number of hydrogen-bond donors (Lipinski definition) is 4. The summed E-state index contributed by atoms with van der Waals surface area (Å²) >= 11 is 0. The lowest BCUT2D eigenvalue weighted by Crippen LogP contribution is -2.51. The fraction of sp³-hybridized carbons (Fsp3) is 0.469. The van der Waals surface area contributed by atoms with Crippen molar-refractivity contribution < 1.29 is 37.4 Å². The Morgan fingerprint density at radius 2 is 1.38 bits per heavy atom. The summed E-state index contributed by atoms with van der Waals surface area (Å²) in [5.41, 5.74) is 4.61. The highest BCUT2D eigenvalue weighted by atomic mass is 19.3. The van der Waals surface area contributed by atoms with Crippen molar-refractivity contribution in [2.45, 2.75) is 96.8 Å². The largest absolute Gasteiger partial charge is 0.453 e. The number of fused-ring (bicyclic) bond motifs is 4. The molecule has 65 heavy (non-hydrogen) atoms. The van der Waals surface area contributed by atoms with Gasteiger partial charge in [-0.1, -0.05) is 71.4 Å². The summed E-state index contributed by atoms with van der Waals surface area (Å²) in [7, 11) is 2.53. The molecular weight excluding hydrogens is 835 g/mol. The molecule has 4 amide bonds. The molecule has 9 rings (SSSR count). The van der Waals surface area contributed by atoms with Gasteiger partial charge in [-0.25, -0.2) is 19.6 Å². The molecule has 3 fully saturated rings. The second kappa shape index (κ2) is 16.6. The van der Waals surface area contributed by atoms with E-state index in [0.717, 1.165) is 37.7 Å². The number of aromatic nitrogens is 4. The molecule has 14 nitrogen and oxygen atoms in total. The van der Waals surface area contributed by atoms with Gasteiger partial charge in [0.05, 0.1) is 49.2 Å². The number of likely N-dealkylation sites (tertiary alicyclic amines) is 2. The van der Waals surface area contributed by atoms with E-state index < -0.39 is 30.2 Å². The molecule has 2 aliphatic carbocycles. The highest BCUT2D eigenvalue weighted by Crippen LogP contribution is 2.59. The maximum Gasteiger partial charge on any atom is 0.407 e. The molecule has 5 atom stereocenters. The number of H-pyrrole nitrogens is 2. The number of aromatic amines is 2. The van der Waals surface area contributed by atoms with Crippen LogP contribution in [-0.2, 0) is 25.0 Å². The SMILES string of the molecule is CCC1CCN(C(=O)[C@@H](NC(=O)OC)C(C)C)C1c1nc2ccc(-c3ccc4c(c3)C(F)(F)c3cc(-c5cnc([C@@H]6CC7(CC7)CN6C(=O)C(NC(=O)OC)C(C)C)[nH]5)ccc3-4)cc2[nH]1. The van der Waals surface area contributed by atoms with E-state index >= 15 is 8.78 Å². The predicted molar refractivity (Wildman–Crippen MR) is 239 cm³/mol. The van der Waals surface area contributed by atoms with E-state index in [4.69, 9.17) is 19.4 Å². The molecule has 0 radical (unpaired) electrons. The second-order valence-corrected chi connectivity index (χ2v) is 19.0. The number of nitrogens with zero attached hydrogens (tertiary/aromatic N) is 4. The lowest BCUT2D eigenvalue weighted by Gasteiger charge is -2.31.